The molecule has 1 aromatic heterocycles. The van der Waals surface area contributed by atoms with Crippen LogP contribution in [-0.2, 0) is 4.79 Å². The smallest absolute Gasteiger partial charge is 0.250 e. The minimum absolute atomic E-state index is 0.0510. The van der Waals surface area contributed by atoms with Crippen LogP contribution in [0, 0.1) is 11.3 Å². The number of benzene rings is 1. The summed E-state index contributed by atoms with van der Waals surface area (Å²) in [5.74, 6) is 1.33. The van der Waals surface area contributed by atoms with Gasteiger partial charge in [0.05, 0.1) is 12.8 Å². The van der Waals surface area contributed by atoms with E-state index in [1.165, 1.54) is 37.4 Å². The van der Waals surface area contributed by atoms with E-state index in [4.69, 9.17) is 14.7 Å². The van der Waals surface area contributed by atoms with Crippen molar-refractivity contribution in [2.75, 3.05) is 19.0 Å². The molecule has 1 fully saturated rings. The molecule has 3 rings (SSSR count). The molecule has 0 saturated heterocycles. The van der Waals surface area contributed by atoms with Gasteiger partial charge in [0.2, 0.25) is 5.91 Å². The van der Waals surface area contributed by atoms with Crippen LogP contribution in [0.3, 0.4) is 0 Å². The van der Waals surface area contributed by atoms with Gasteiger partial charge in [0.1, 0.15) is 6.07 Å². The number of nitrogens with zero attached hydrogens (tertiary/aromatic N) is 2. The van der Waals surface area contributed by atoms with Crippen LogP contribution in [0.4, 0.5) is 5.13 Å². The molecule has 1 amide bonds. The lowest BCUT2D eigenvalue weighted by atomic mass is 10.2. The van der Waals surface area contributed by atoms with Gasteiger partial charge in [-0.1, -0.05) is 6.07 Å². The molecule has 1 aromatic carbocycles. The van der Waals surface area contributed by atoms with Crippen molar-refractivity contribution < 1.29 is 14.3 Å². The zero-order valence-electron chi connectivity index (χ0n) is 13.7. The molecule has 0 unspecified atom stereocenters. The number of rotatable bonds is 7. The van der Waals surface area contributed by atoms with E-state index in [0.717, 1.165) is 11.3 Å². The van der Waals surface area contributed by atoms with E-state index in [-0.39, 0.29) is 12.5 Å². The molecule has 2 aromatic rings. The number of anilines is 1. The van der Waals surface area contributed by atoms with E-state index in [9.17, 15) is 4.79 Å². The highest BCUT2D eigenvalue weighted by atomic mass is 32.1. The maximum atomic E-state index is 12.0. The van der Waals surface area contributed by atoms with Gasteiger partial charge < -0.3 is 9.47 Å². The zero-order valence-corrected chi connectivity index (χ0v) is 14.5. The number of carbonyl (C=O) groups excluding carboxylic acids is 1. The van der Waals surface area contributed by atoms with Crippen molar-refractivity contribution in [3.8, 4) is 17.6 Å². The molecule has 128 valence electrons. The normalized spacial score (nSPS) is 13.4. The van der Waals surface area contributed by atoms with Gasteiger partial charge >= 0.3 is 0 Å². The molecule has 6 nitrogen and oxygen atoms in total. The molecule has 1 saturated carbocycles. The van der Waals surface area contributed by atoms with E-state index in [0.29, 0.717) is 22.5 Å². The summed E-state index contributed by atoms with van der Waals surface area (Å²) in [5.41, 5.74) is 1.86. The van der Waals surface area contributed by atoms with Crippen LogP contribution in [0.2, 0.25) is 0 Å². The number of hydrogen-bond donors (Lipinski definition) is 1. The summed E-state index contributed by atoms with van der Waals surface area (Å²) in [6, 6.07) is 7.14. The van der Waals surface area contributed by atoms with E-state index in [2.05, 4.69) is 10.3 Å². The fourth-order valence-electron chi connectivity index (χ4n) is 2.25. The lowest BCUT2D eigenvalue weighted by Crippen LogP contribution is -2.07. The Labute approximate surface area is 149 Å². The number of amides is 1. The monoisotopic (exact) mass is 355 g/mol. The van der Waals surface area contributed by atoms with E-state index in [1.54, 1.807) is 24.3 Å². The van der Waals surface area contributed by atoms with Crippen molar-refractivity contribution in [3.63, 3.8) is 0 Å². The Bertz CT molecular complexity index is 834. The molecule has 25 heavy (non-hydrogen) atoms. The molecule has 1 aliphatic carbocycles. The van der Waals surface area contributed by atoms with Gasteiger partial charge in [-0.3, -0.25) is 10.1 Å². The van der Waals surface area contributed by atoms with Gasteiger partial charge in [0.15, 0.2) is 23.2 Å². The summed E-state index contributed by atoms with van der Waals surface area (Å²) in [7, 11) is 1.52. The first-order valence-corrected chi connectivity index (χ1v) is 8.70. The molecule has 0 bridgehead atoms. The average Bonchev–Trinajstić information content (AvgIpc) is 3.38. The van der Waals surface area contributed by atoms with Crippen molar-refractivity contribution in [1.82, 2.24) is 4.98 Å². The Balaban J connectivity index is 1.61. The minimum Gasteiger partial charge on any atom is -0.493 e. The largest absolute Gasteiger partial charge is 0.493 e. The molecule has 1 N–H and O–H groups in total. The summed E-state index contributed by atoms with van der Waals surface area (Å²) in [6.07, 6.45) is 5.50. The third-order valence-corrected chi connectivity index (χ3v) is 4.43. The van der Waals surface area contributed by atoms with Gasteiger partial charge in [-0.05, 0) is 36.6 Å². The lowest BCUT2D eigenvalue weighted by molar-refractivity contribution is -0.111. The van der Waals surface area contributed by atoms with Gasteiger partial charge in [-0.25, -0.2) is 4.98 Å². The number of nitrogens with one attached hydrogen (secondary N) is 1. The summed E-state index contributed by atoms with van der Waals surface area (Å²) >= 11 is 1.44. The first-order chi connectivity index (χ1) is 12.2. The molecule has 0 radical (unpaired) electrons. The van der Waals surface area contributed by atoms with Crippen LogP contribution >= 0.6 is 11.3 Å². The Morgan fingerprint density at radius 1 is 1.48 bits per heavy atom. The fraction of sp³-hybridized carbons (Fsp3) is 0.278. The van der Waals surface area contributed by atoms with Gasteiger partial charge in [-0.2, -0.15) is 5.26 Å². The highest BCUT2D eigenvalue weighted by molar-refractivity contribution is 7.14. The standard InChI is InChI=1S/C18H17N3O3S/c1-23-16-10-12(2-6-15(16)24-9-8-19)3-7-17(22)21-18-20-14(11-25-18)13-4-5-13/h2-3,6-7,10-11,13H,4-5,9H2,1H3,(H,20,21,22)/b7-3+. The van der Waals surface area contributed by atoms with E-state index >= 15 is 0 Å². The summed E-state index contributed by atoms with van der Waals surface area (Å²) in [6.45, 7) is -0.0510. The van der Waals surface area contributed by atoms with Crippen molar-refractivity contribution in [3.05, 3.63) is 40.9 Å². The highest BCUT2D eigenvalue weighted by Crippen LogP contribution is 2.40. The molecule has 1 aliphatic rings. The maximum Gasteiger partial charge on any atom is 0.250 e. The minimum atomic E-state index is -0.236. The van der Waals surface area contributed by atoms with Crippen LogP contribution in [0.25, 0.3) is 6.08 Å². The molecule has 0 aliphatic heterocycles. The third-order valence-electron chi connectivity index (χ3n) is 3.65. The topological polar surface area (TPSA) is 84.2 Å². The summed E-state index contributed by atoms with van der Waals surface area (Å²) < 4.78 is 10.5. The lowest BCUT2D eigenvalue weighted by Gasteiger charge is -2.08. The van der Waals surface area contributed by atoms with Crippen LogP contribution in [0.1, 0.15) is 30.0 Å². The zero-order chi connectivity index (χ0) is 17.6. The van der Waals surface area contributed by atoms with Gasteiger partial charge in [-0.15, -0.1) is 11.3 Å². The maximum absolute atomic E-state index is 12.0. The highest BCUT2D eigenvalue weighted by Gasteiger charge is 2.26. The van der Waals surface area contributed by atoms with Crippen LogP contribution in [0.5, 0.6) is 11.5 Å². The van der Waals surface area contributed by atoms with Gasteiger partial charge in [0.25, 0.3) is 0 Å². The molecular weight excluding hydrogens is 338 g/mol. The Hall–Kier alpha value is -2.85. The quantitative estimate of drug-likeness (QED) is 0.767. The number of methoxy groups -OCH3 is 1. The summed E-state index contributed by atoms with van der Waals surface area (Å²) in [5, 5.41) is 14.0. The van der Waals surface area contributed by atoms with Crippen LogP contribution in [-0.4, -0.2) is 24.6 Å². The number of ether oxygens (including phenoxy) is 2. The fourth-order valence-corrected chi connectivity index (χ4v) is 3.04. The van der Waals surface area contributed by atoms with Crippen LogP contribution in [0.15, 0.2) is 29.7 Å². The SMILES string of the molecule is COc1cc(/C=C/C(=O)Nc2nc(C3CC3)cs2)ccc1OCC#N. The van der Waals surface area contributed by atoms with Crippen molar-refractivity contribution >= 4 is 28.5 Å². The second-order valence-electron chi connectivity index (χ2n) is 5.53. The van der Waals surface area contributed by atoms with Crippen molar-refractivity contribution in [1.29, 1.82) is 5.26 Å². The van der Waals surface area contributed by atoms with E-state index < -0.39 is 0 Å². The Morgan fingerprint density at radius 2 is 2.32 bits per heavy atom. The first kappa shape index (κ1) is 17.0. The Kier molecular flexibility index (Phi) is 5.31. The molecule has 0 atom stereocenters. The van der Waals surface area contributed by atoms with Gasteiger partial charge in [0, 0.05) is 17.4 Å². The predicted octanol–water partition coefficient (Wildman–Crippen LogP) is 3.58. The molecule has 0 spiro atoms. The molecular formula is C18H17N3O3S. The predicted molar refractivity (Wildman–Crippen MR) is 95.9 cm³/mol. The second-order valence-corrected chi connectivity index (χ2v) is 6.39. The van der Waals surface area contributed by atoms with Crippen molar-refractivity contribution in [2.24, 2.45) is 0 Å². The number of carbonyl (C=O) groups is 1. The van der Waals surface area contributed by atoms with Crippen molar-refractivity contribution in [2.45, 2.75) is 18.8 Å². The summed E-state index contributed by atoms with van der Waals surface area (Å²) in [4.78, 5) is 16.4. The third kappa shape index (κ3) is 4.58. The second kappa shape index (κ2) is 7.81. The number of thiazole rings is 1. The first-order valence-electron chi connectivity index (χ1n) is 7.82. The average molecular weight is 355 g/mol. The van der Waals surface area contributed by atoms with Crippen LogP contribution < -0.4 is 14.8 Å². The molecule has 1 heterocycles. The Morgan fingerprint density at radius 3 is 3.04 bits per heavy atom. The number of nitriles is 1. The molecule has 7 heteroatoms. The number of aromatic nitrogens is 1. The number of hydrogen-bond acceptors (Lipinski definition) is 6. The van der Waals surface area contributed by atoms with E-state index in [1.807, 2.05) is 11.4 Å².